The number of nitrogens with one attached hydrogen (secondary N) is 2. The van der Waals surface area contributed by atoms with Gasteiger partial charge in [-0.1, -0.05) is 24.3 Å². The zero-order chi connectivity index (χ0) is 30.2. The summed E-state index contributed by atoms with van der Waals surface area (Å²) < 4.78 is 72.8. The molecule has 4 aromatic rings. The van der Waals surface area contributed by atoms with Gasteiger partial charge in [-0.25, -0.2) is 13.2 Å². The van der Waals surface area contributed by atoms with E-state index in [9.17, 15) is 26.4 Å². The number of benzene rings is 3. The predicted octanol–water partition coefficient (Wildman–Crippen LogP) is 4.67. The molecule has 0 spiro atoms. The molecule has 218 valence electrons. The normalized spacial score (nSPS) is 13.5. The molecule has 1 aromatic heterocycles. The number of aromatic nitrogens is 2. The molecule has 2 N–H and O–H groups in total. The van der Waals surface area contributed by atoms with Gasteiger partial charge < -0.3 is 14.9 Å². The largest absolute Gasteiger partial charge is 0.573 e. The van der Waals surface area contributed by atoms with E-state index in [2.05, 4.69) is 20.8 Å². The van der Waals surface area contributed by atoms with E-state index in [0.29, 0.717) is 39.3 Å². The van der Waals surface area contributed by atoms with Crippen molar-refractivity contribution >= 4 is 27.2 Å². The summed E-state index contributed by atoms with van der Waals surface area (Å²) in [7, 11) is -0.541. The van der Waals surface area contributed by atoms with Crippen LogP contribution in [0.2, 0.25) is 0 Å². The molecule has 0 saturated heterocycles. The maximum atomic E-state index is 12.7. The number of hydrazine groups is 2. The highest BCUT2D eigenvalue weighted by Crippen LogP contribution is 2.39. The fraction of sp³-hybridized carbons (Fsp3) is 0.143. The van der Waals surface area contributed by atoms with E-state index in [1.165, 1.54) is 42.1 Å². The highest BCUT2D eigenvalue weighted by Gasteiger charge is 2.31. The van der Waals surface area contributed by atoms with Gasteiger partial charge >= 0.3 is 12.3 Å². The maximum absolute atomic E-state index is 12.7. The number of halogens is 3. The van der Waals surface area contributed by atoms with Crippen LogP contribution in [0.4, 0.5) is 18.9 Å². The molecule has 0 radical (unpaired) electrons. The minimum atomic E-state index is -4.82. The second kappa shape index (κ2) is 10.9. The molecule has 0 saturated carbocycles. The number of carbonyl (C=O) groups excluding carboxylic acids is 1. The Morgan fingerprint density at radius 1 is 0.952 bits per heavy atom. The van der Waals surface area contributed by atoms with Crippen LogP contribution in [0.5, 0.6) is 5.75 Å². The Bertz CT molecular complexity index is 1800. The van der Waals surface area contributed by atoms with Crippen LogP contribution in [0.15, 0.2) is 83.9 Å². The first-order valence-electron chi connectivity index (χ1n) is 12.3. The number of sulfone groups is 1. The number of nitrogens with zero attached hydrogens (tertiary/aromatic N) is 3. The number of carbonyl (C=O) groups is 1. The summed E-state index contributed by atoms with van der Waals surface area (Å²) in [6.07, 6.45) is -2.06. The number of hydrogen-bond donors (Lipinski definition) is 2. The predicted molar refractivity (Wildman–Crippen MR) is 148 cm³/mol. The van der Waals surface area contributed by atoms with Gasteiger partial charge in [0.15, 0.2) is 15.5 Å². The van der Waals surface area contributed by atoms with Crippen LogP contribution in [0.3, 0.4) is 0 Å². The molecule has 1 aliphatic rings. The molecule has 0 unspecified atom stereocenters. The smallest absolute Gasteiger partial charge is 0.464 e. The number of aryl methyl sites for hydroxylation is 1. The molecule has 0 atom stereocenters. The van der Waals surface area contributed by atoms with E-state index in [0.717, 1.165) is 6.26 Å². The third-order valence-electron chi connectivity index (χ3n) is 6.39. The maximum Gasteiger partial charge on any atom is 0.573 e. The minimum absolute atomic E-state index is 0.0920. The Labute approximate surface area is 238 Å². The topological polar surface area (TPSA) is 115 Å². The molecule has 1 aliphatic heterocycles. The minimum Gasteiger partial charge on any atom is -0.464 e. The molecule has 0 bridgehead atoms. The van der Waals surface area contributed by atoms with E-state index in [1.807, 2.05) is 6.07 Å². The van der Waals surface area contributed by atoms with E-state index in [4.69, 9.17) is 4.74 Å². The SMILES string of the molecule is COC(=O)c1cc(-c2ccc(-c3cccc(S(C)(=O)=O)c3)cc2N2NNC=C2c2ccc(OC(F)(F)F)cc2)n(C)n1. The molecule has 5 rings (SSSR count). The second-order valence-electron chi connectivity index (χ2n) is 9.26. The van der Waals surface area contributed by atoms with Crippen LogP contribution < -0.4 is 20.7 Å². The van der Waals surface area contributed by atoms with Crippen molar-refractivity contribution in [3.8, 4) is 28.1 Å². The lowest BCUT2D eigenvalue weighted by molar-refractivity contribution is -0.274. The Morgan fingerprint density at radius 3 is 2.31 bits per heavy atom. The average molecular weight is 600 g/mol. The van der Waals surface area contributed by atoms with Gasteiger partial charge in [-0.3, -0.25) is 9.69 Å². The van der Waals surface area contributed by atoms with Gasteiger partial charge in [-0.2, -0.15) is 5.10 Å². The number of ether oxygens (including phenoxy) is 2. The summed E-state index contributed by atoms with van der Waals surface area (Å²) in [5, 5.41) is 5.93. The van der Waals surface area contributed by atoms with Crippen molar-refractivity contribution < 1.29 is 35.9 Å². The van der Waals surface area contributed by atoms with Crippen molar-refractivity contribution in [1.82, 2.24) is 20.7 Å². The summed E-state index contributed by atoms with van der Waals surface area (Å²) in [6, 6.07) is 18.9. The van der Waals surface area contributed by atoms with Gasteiger partial charge in [-0.05, 0) is 59.7 Å². The number of rotatable bonds is 7. The summed E-state index contributed by atoms with van der Waals surface area (Å²) in [6.45, 7) is 0. The van der Waals surface area contributed by atoms with Crippen molar-refractivity contribution in [3.05, 3.63) is 90.3 Å². The van der Waals surface area contributed by atoms with Crippen molar-refractivity contribution in [1.29, 1.82) is 0 Å². The molecular formula is C28H24F3N5O5S. The summed E-state index contributed by atoms with van der Waals surface area (Å²) in [5.41, 5.74) is 10.2. The van der Waals surface area contributed by atoms with Crippen molar-refractivity contribution in [2.75, 3.05) is 18.4 Å². The number of methoxy groups -OCH3 is 1. The third-order valence-corrected chi connectivity index (χ3v) is 7.50. The van der Waals surface area contributed by atoms with E-state index in [-0.39, 0.29) is 16.3 Å². The molecule has 10 nitrogen and oxygen atoms in total. The number of alkyl halides is 3. The van der Waals surface area contributed by atoms with Gasteiger partial charge in [-0.15, -0.1) is 18.7 Å². The molecular weight excluding hydrogens is 575 g/mol. The van der Waals surface area contributed by atoms with Gasteiger partial charge in [0.25, 0.3) is 0 Å². The summed E-state index contributed by atoms with van der Waals surface area (Å²) in [4.78, 5) is 12.3. The molecule has 2 heterocycles. The quantitative estimate of drug-likeness (QED) is 0.293. The lowest BCUT2D eigenvalue weighted by Gasteiger charge is -2.25. The number of esters is 1. The monoisotopic (exact) mass is 599 g/mol. The molecule has 0 amide bonds. The lowest BCUT2D eigenvalue weighted by atomic mass is 9.99. The van der Waals surface area contributed by atoms with Crippen LogP contribution in [-0.2, 0) is 21.6 Å². The van der Waals surface area contributed by atoms with Gasteiger partial charge in [0.05, 0.1) is 29.1 Å². The van der Waals surface area contributed by atoms with E-state index < -0.39 is 22.2 Å². The van der Waals surface area contributed by atoms with Crippen LogP contribution >= 0.6 is 0 Å². The first-order chi connectivity index (χ1) is 19.8. The van der Waals surface area contributed by atoms with Crippen molar-refractivity contribution in [2.45, 2.75) is 11.3 Å². The fourth-order valence-electron chi connectivity index (χ4n) is 4.46. The second-order valence-corrected chi connectivity index (χ2v) is 11.3. The van der Waals surface area contributed by atoms with Crippen molar-refractivity contribution in [3.63, 3.8) is 0 Å². The van der Waals surface area contributed by atoms with Crippen molar-refractivity contribution in [2.24, 2.45) is 7.05 Å². The van der Waals surface area contributed by atoms with Crippen LogP contribution in [0.1, 0.15) is 16.1 Å². The van der Waals surface area contributed by atoms with E-state index in [1.54, 1.807) is 54.7 Å². The molecule has 0 fully saturated rings. The standard InChI is InChI=1S/C28H24F3N5O5S/c1-35-24(15-23(33-35)27(37)40-2)22-12-9-19(18-5-4-6-21(13-18)42(3,38)39)14-25(22)36-26(16-32-34-36)17-7-10-20(11-8-17)41-28(29,30)31/h4-16,32,34H,1-3H3. The Morgan fingerprint density at radius 2 is 1.64 bits per heavy atom. The van der Waals surface area contributed by atoms with Crippen LogP contribution in [0, 0.1) is 0 Å². The number of hydrogen-bond acceptors (Lipinski definition) is 9. The molecule has 0 aliphatic carbocycles. The first-order valence-corrected chi connectivity index (χ1v) is 14.2. The highest BCUT2D eigenvalue weighted by atomic mass is 32.2. The summed E-state index contributed by atoms with van der Waals surface area (Å²) in [5.74, 6) is -0.980. The zero-order valence-electron chi connectivity index (χ0n) is 22.4. The van der Waals surface area contributed by atoms with E-state index >= 15 is 0 Å². The highest BCUT2D eigenvalue weighted by molar-refractivity contribution is 7.90. The molecule has 14 heteroatoms. The zero-order valence-corrected chi connectivity index (χ0v) is 23.2. The first kappa shape index (κ1) is 28.7. The van der Waals surface area contributed by atoms with Crippen LogP contribution in [0.25, 0.3) is 28.1 Å². The van der Waals surface area contributed by atoms with Gasteiger partial charge in [0.2, 0.25) is 0 Å². The summed E-state index contributed by atoms with van der Waals surface area (Å²) >= 11 is 0. The average Bonchev–Trinajstić information content (AvgIpc) is 3.58. The Balaban J connectivity index is 1.62. The molecule has 3 aromatic carbocycles. The molecule has 42 heavy (non-hydrogen) atoms. The van der Waals surface area contributed by atoms with Crippen LogP contribution in [-0.4, -0.2) is 43.9 Å². The third kappa shape index (κ3) is 5.94. The number of anilines is 1. The fourth-order valence-corrected chi connectivity index (χ4v) is 5.13. The Hall–Kier alpha value is -4.82. The van der Waals surface area contributed by atoms with Gasteiger partial charge in [0, 0.05) is 30.6 Å². The Kier molecular flexibility index (Phi) is 7.43. The lowest BCUT2D eigenvalue weighted by Crippen LogP contribution is -2.37. The van der Waals surface area contributed by atoms with Gasteiger partial charge in [0.1, 0.15) is 5.75 Å².